The van der Waals surface area contributed by atoms with Gasteiger partial charge in [-0.3, -0.25) is 4.90 Å². The minimum atomic E-state index is 0.847. The Labute approximate surface area is 113 Å². The Morgan fingerprint density at radius 1 is 1.00 bits per heavy atom. The van der Waals surface area contributed by atoms with Gasteiger partial charge in [-0.25, -0.2) is 0 Å². The molecule has 0 radical (unpaired) electrons. The summed E-state index contributed by atoms with van der Waals surface area (Å²) in [6, 6.07) is 1.71. The molecule has 0 spiro atoms. The normalized spacial score (nSPS) is 32.3. The quantitative estimate of drug-likeness (QED) is 0.826. The van der Waals surface area contributed by atoms with Crippen LogP contribution in [0.2, 0.25) is 0 Å². The molecule has 0 amide bonds. The number of nitrogens with zero attached hydrogens (tertiary/aromatic N) is 2. The molecule has 2 unspecified atom stereocenters. The van der Waals surface area contributed by atoms with Crippen LogP contribution in [0.15, 0.2) is 0 Å². The van der Waals surface area contributed by atoms with E-state index in [9.17, 15) is 0 Å². The van der Waals surface area contributed by atoms with Crippen LogP contribution in [0.5, 0.6) is 0 Å². The average Bonchev–Trinajstić information content (AvgIpc) is 2.61. The first-order valence-electron chi connectivity index (χ1n) is 7.90. The standard InChI is InChI=1S/C15H31N3/c1-16-10-8-14-6-3-4-12-18(14)15-7-5-11-17(2)13-9-15/h14-16H,3-13H2,1-2H3. The van der Waals surface area contributed by atoms with Crippen molar-refractivity contribution in [3.05, 3.63) is 0 Å². The number of hydrogen-bond donors (Lipinski definition) is 1. The monoisotopic (exact) mass is 253 g/mol. The molecule has 0 aromatic heterocycles. The summed E-state index contributed by atoms with van der Waals surface area (Å²) in [4.78, 5) is 5.37. The van der Waals surface area contributed by atoms with Crippen molar-refractivity contribution in [3.8, 4) is 0 Å². The van der Waals surface area contributed by atoms with E-state index in [1.807, 2.05) is 0 Å². The molecule has 0 aliphatic carbocycles. The van der Waals surface area contributed by atoms with Crippen molar-refractivity contribution >= 4 is 0 Å². The third-order valence-corrected chi connectivity index (χ3v) is 4.79. The number of nitrogens with one attached hydrogen (secondary N) is 1. The van der Waals surface area contributed by atoms with E-state index in [0.717, 1.165) is 12.1 Å². The molecule has 1 N–H and O–H groups in total. The predicted molar refractivity (Wildman–Crippen MR) is 78.0 cm³/mol. The van der Waals surface area contributed by atoms with Crippen molar-refractivity contribution in [2.24, 2.45) is 0 Å². The van der Waals surface area contributed by atoms with Crippen molar-refractivity contribution in [3.63, 3.8) is 0 Å². The summed E-state index contributed by atoms with van der Waals surface area (Å²) in [5.74, 6) is 0. The third kappa shape index (κ3) is 3.94. The molecule has 0 bridgehead atoms. The number of piperidine rings is 1. The van der Waals surface area contributed by atoms with Gasteiger partial charge in [0.05, 0.1) is 0 Å². The average molecular weight is 253 g/mol. The first-order valence-corrected chi connectivity index (χ1v) is 7.90. The molecule has 2 rings (SSSR count). The van der Waals surface area contributed by atoms with Gasteiger partial charge in [0, 0.05) is 12.1 Å². The van der Waals surface area contributed by atoms with Crippen LogP contribution in [0.4, 0.5) is 0 Å². The van der Waals surface area contributed by atoms with Crippen LogP contribution in [0.1, 0.15) is 44.9 Å². The summed E-state index contributed by atoms with van der Waals surface area (Å²) in [6.07, 6.45) is 9.81. The maximum absolute atomic E-state index is 3.32. The Bertz CT molecular complexity index is 232. The SMILES string of the molecule is CNCCC1CCCCN1C1CCCN(C)CC1. The Morgan fingerprint density at radius 2 is 1.89 bits per heavy atom. The summed E-state index contributed by atoms with van der Waals surface area (Å²) in [5, 5.41) is 3.32. The maximum atomic E-state index is 3.32. The number of rotatable bonds is 4. The molecule has 2 atom stereocenters. The van der Waals surface area contributed by atoms with Crippen LogP contribution in [-0.4, -0.2) is 62.2 Å². The topological polar surface area (TPSA) is 18.5 Å². The summed E-state index contributed by atoms with van der Waals surface area (Å²) >= 11 is 0. The Hall–Kier alpha value is -0.120. The molecule has 2 fully saturated rings. The largest absolute Gasteiger partial charge is 0.320 e. The fourth-order valence-electron chi connectivity index (χ4n) is 3.68. The fraction of sp³-hybridized carbons (Fsp3) is 1.00. The molecule has 0 aromatic carbocycles. The maximum Gasteiger partial charge on any atom is 0.0111 e. The Morgan fingerprint density at radius 3 is 2.72 bits per heavy atom. The lowest BCUT2D eigenvalue weighted by molar-refractivity contribution is 0.0806. The van der Waals surface area contributed by atoms with Crippen molar-refractivity contribution < 1.29 is 0 Å². The van der Waals surface area contributed by atoms with E-state index in [2.05, 4.69) is 29.2 Å². The van der Waals surface area contributed by atoms with Gasteiger partial charge in [0.2, 0.25) is 0 Å². The third-order valence-electron chi connectivity index (χ3n) is 4.79. The summed E-state index contributed by atoms with van der Waals surface area (Å²) < 4.78 is 0. The molecule has 2 aliphatic heterocycles. The van der Waals surface area contributed by atoms with E-state index in [0.29, 0.717) is 0 Å². The van der Waals surface area contributed by atoms with Gasteiger partial charge in [0.1, 0.15) is 0 Å². The highest BCUT2D eigenvalue weighted by molar-refractivity contribution is 4.85. The van der Waals surface area contributed by atoms with Crippen LogP contribution in [-0.2, 0) is 0 Å². The zero-order chi connectivity index (χ0) is 12.8. The van der Waals surface area contributed by atoms with Crippen molar-refractivity contribution in [1.29, 1.82) is 0 Å². The van der Waals surface area contributed by atoms with Gasteiger partial charge >= 0.3 is 0 Å². The van der Waals surface area contributed by atoms with Gasteiger partial charge in [-0.15, -0.1) is 0 Å². The lowest BCUT2D eigenvalue weighted by Gasteiger charge is -2.41. The second-order valence-corrected chi connectivity index (χ2v) is 6.17. The van der Waals surface area contributed by atoms with E-state index >= 15 is 0 Å². The van der Waals surface area contributed by atoms with Crippen LogP contribution in [0, 0.1) is 0 Å². The number of hydrogen-bond acceptors (Lipinski definition) is 3. The molecule has 3 heteroatoms. The van der Waals surface area contributed by atoms with Crippen LogP contribution in [0.3, 0.4) is 0 Å². The van der Waals surface area contributed by atoms with Gasteiger partial charge in [-0.05, 0) is 78.8 Å². The van der Waals surface area contributed by atoms with Crippen molar-refractivity contribution in [2.75, 3.05) is 40.3 Å². The minimum absolute atomic E-state index is 0.847. The number of likely N-dealkylation sites (tertiary alicyclic amines) is 2. The zero-order valence-electron chi connectivity index (χ0n) is 12.3. The van der Waals surface area contributed by atoms with Gasteiger partial charge in [0.25, 0.3) is 0 Å². The molecule has 106 valence electrons. The molecule has 18 heavy (non-hydrogen) atoms. The Kier molecular flexibility index (Phi) is 5.93. The van der Waals surface area contributed by atoms with E-state index in [1.54, 1.807) is 0 Å². The van der Waals surface area contributed by atoms with Crippen LogP contribution >= 0.6 is 0 Å². The van der Waals surface area contributed by atoms with Gasteiger partial charge in [-0.2, -0.15) is 0 Å². The van der Waals surface area contributed by atoms with E-state index in [-0.39, 0.29) is 0 Å². The molecular weight excluding hydrogens is 222 g/mol. The van der Waals surface area contributed by atoms with Crippen LogP contribution in [0.25, 0.3) is 0 Å². The Balaban J connectivity index is 1.90. The van der Waals surface area contributed by atoms with E-state index in [4.69, 9.17) is 0 Å². The second-order valence-electron chi connectivity index (χ2n) is 6.17. The lowest BCUT2D eigenvalue weighted by atomic mass is 9.94. The smallest absolute Gasteiger partial charge is 0.0111 e. The van der Waals surface area contributed by atoms with Gasteiger partial charge in [0.15, 0.2) is 0 Å². The first kappa shape index (κ1) is 14.3. The second kappa shape index (κ2) is 7.46. The van der Waals surface area contributed by atoms with Crippen molar-refractivity contribution in [1.82, 2.24) is 15.1 Å². The first-order chi connectivity index (χ1) is 8.81. The highest BCUT2D eigenvalue weighted by atomic mass is 15.2. The van der Waals surface area contributed by atoms with Crippen LogP contribution < -0.4 is 5.32 Å². The highest BCUT2D eigenvalue weighted by Gasteiger charge is 2.29. The summed E-state index contributed by atoms with van der Waals surface area (Å²) in [7, 11) is 4.35. The van der Waals surface area contributed by atoms with Gasteiger partial charge in [-0.1, -0.05) is 6.42 Å². The van der Waals surface area contributed by atoms with E-state index < -0.39 is 0 Å². The van der Waals surface area contributed by atoms with E-state index in [1.165, 1.54) is 71.1 Å². The van der Waals surface area contributed by atoms with Crippen molar-refractivity contribution in [2.45, 2.75) is 57.0 Å². The lowest BCUT2D eigenvalue weighted by Crippen LogP contribution is -2.47. The summed E-state index contributed by atoms with van der Waals surface area (Å²) in [5.41, 5.74) is 0. The fourth-order valence-corrected chi connectivity index (χ4v) is 3.68. The predicted octanol–water partition coefficient (Wildman–Crippen LogP) is 1.93. The molecule has 2 heterocycles. The van der Waals surface area contributed by atoms with Gasteiger partial charge < -0.3 is 10.2 Å². The minimum Gasteiger partial charge on any atom is -0.320 e. The molecule has 2 aliphatic rings. The molecule has 2 saturated heterocycles. The molecule has 3 nitrogen and oxygen atoms in total. The highest BCUT2D eigenvalue weighted by Crippen LogP contribution is 2.26. The zero-order valence-corrected chi connectivity index (χ0v) is 12.3. The molecule has 0 aromatic rings. The molecular formula is C15H31N3. The molecule has 0 saturated carbocycles. The summed E-state index contributed by atoms with van der Waals surface area (Å²) in [6.45, 7) is 5.11.